The van der Waals surface area contributed by atoms with Gasteiger partial charge in [-0.25, -0.2) is 19.3 Å². The van der Waals surface area contributed by atoms with Gasteiger partial charge in [0.2, 0.25) is 11.8 Å². The SMILES string of the molecule is CC.Cc1nc(N)cc(-c2nc3c4c(nc(N5CC(C)(N(C)C)C5)nc4c2F)NCCNCCC(C(F)(F)F)O3)c1C(F)(F)F. The van der Waals surface area contributed by atoms with Crippen molar-refractivity contribution in [2.24, 2.45) is 0 Å². The maximum atomic E-state index is 16.5. The van der Waals surface area contributed by atoms with Crippen molar-refractivity contribution in [2.75, 3.05) is 62.8 Å². The third-order valence-electron chi connectivity index (χ3n) is 7.72. The van der Waals surface area contributed by atoms with Crippen molar-refractivity contribution in [1.29, 1.82) is 0 Å². The van der Waals surface area contributed by atoms with Gasteiger partial charge in [0.1, 0.15) is 28.2 Å². The molecule has 0 radical (unpaired) electrons. The van der Waals surface area contributed by atoms with E-state index in [0.29, 0.717) is 13.1 Å². The number of pyridine rings is 2. The Morgan fingerprint density at radius 1 is 1.02 bits per heavy atom. The fourth-order valence-electron chi connectivity index (χ4n) is 5.16. The van der Waals surface area contributed by atoms with E-state index < -0.39 is 64.6 Å². The number of aromatic nitrogens is 4. The van der Waals surface area contributed by atoms with E-state index in [9.17, 15) is 26.3 Å². The lowest BCUT2D eigenvalue weighted by molar-refractivity contribution is -0.196. The van der Waals surface area contributed by atoms with Crippen molar-refractivity contribution in [3.05, 3.63) is 23.1 Å². The summed E-state index contributed by atoms with van der Waals surface area (Å²) in [6.45, 7) is 8.22. The van der Waals surface area contributed by atoms with E-state index in [1.165, 1.54) is 0 Å². The van der Waals surface area contributed by atoms with Gasteiger partial charge >= 0.3 is 12.4 Å². The molecule has 1 atom stereocenters. The number of anilines is 3. The summed E-state index contributed by atoms with van der Waals surface area (Å²) in [4.78, 5) is 20.1. The van der Waals surface area contributed by atoms with Crippen LogP contribution < -0.4 is 26.0 Å². The van der Waals surface area contributed by atoms with Gasteiger partial charge in [-0.2, -0.15) is 31.3 Å². The van der Waals surface area contributed by atoms with Gasteiger partial charge in [-0.05, 0) is 40.6 Å². The maximum Gasteiger partial charge on any atom is 0.425 e. The number of ether oxygens (including phenoxy) is 1. The first-order valence-electron chi connectivity index (χ1n) is 14.4. The van der Waals surface area contributed by atoms with Crippen molar-refractivity contribution in [3.63, 3.8) is 0 Å². The molecule has 2 aliphatic heterocycles. The number of hydrogen-bond acceptors (Lipinski definition) is 10. The summed E-state index contributed by atoms with van der Waals surface area (Å²) in [7, 11) is 3.78. The highest BCUT2D eigenvalue weighted by Gasteiger charge is 2.45. The minimum absolute atomic E-state index is 0.0352. The molecule has 0 aromatic carbocycles. The number of hydrogen-bond donors (Lipinski definition) is 3. The molecule has 0 bridgehead atoms. The van der Waals surface area contributed by atoms with E-state index in [-0.39, 0.29) is 48.1 Å². The summed E-state index contributed by atoms with van der Waals surface area (Å²) < 4.78 is 107. The van der Waals surface area contributed by atoms with Gasteiger partial charge < -0.3 is 30.9 Å². The number of aryl methyl sites for hydroxylation is 1. The van der Waals surface area contributed by atoms with E-state index >= 15 is 4.39 Å². The number of halogens is 7. The zero-order valence-corrected chi connectivity index (χ0v) is 25.7. The molecule has 1 fully saturated rings. The minimum atomic E-state index is -5.03. The highest BCUT2D eigenvalue weighted by molar-refractivity contribution is 5.97. The molecular formula is C28H36F7N9O. The van der Waals surface area contributed by atoms with E-state index in [1.807, 2.05) is 39.8 Å². The zero-order valence-electron chi connectivity index (χ0n) is 25.7. The number of nitrogens with zero attached hydrogens (tertiary/aromatic N) is 6. The molecule has 3 aromatic rings. The van der Waals surface area contributed by atoms with Crippen LogP contribution >= 0.6 is 0 Å². The number of nitrogens with one attached hydrogen (secondary N) is 2. The summed E-state index contributed by atoms with van der Waals surface area (Å²) >= 11 is 0. The first kappa shape index (κ1) is 34.1. The number of alkyl halides is 6. The summed E-state index contributed by atoms with van der Waals surface area (Å²) in [5.74, 6) is -2.49. The molecule has 1 unspecified atom stereocenters. The van der Waals surface area contributed by atoms with E-state index in [0.717, 1.165) is 13.0 Å². The molecule has 0 amide bonds. The first-order valence-corrected chi connectivity index (χ1v) is 14.4. The van der Waals surface area contributed by atoms with E-state index in [1.54, 1.807) is 4.90 Å². The van der Waals surface area contributed by atoms with Gasteiger partial charge in [-0.15, -0.1) is 0 Å². The Morgan fingerprint density at radius 2 is 1.69 bits per heavy atom. The summed E-state index contributed by atoms with van der Waals surface area (Å²) in [6, 6.07) is 0.773. The number of nitrogen functional groups attached to an aromatic ring is 1. The third-order valence-corrected chi connectivity index (χ3v) is 7.72. The second-order valence-electron chi connectivity index (χ2n) is 11.1. The Kier molecular flexibility index (Phi) is 9.54. The molecule has 2 aliphatic rings. The Labute approximate surface area is 255 Å². The second kappa shape index (κ2) is 12.6. The smallest absolute Gasteiger partial charge is 0.425 e. The molecule has 3 aromatic heterocycles. The highest BCUT2D eigenvalue weighted by Crippen LogP contribution is 2.44. The van der Waals surface area contributed by atoms with E-state index in [2.05, 4.69) is 30.6 Å². The Hall–Kier alpha value is -3.73. The molecule has 248 valence electrons. The zero-order chi connectivity index (χ0) is 33.5. The Morgan fingerprint density at radius 3 is 2.29 bits per heavy atom. The van der Waals surface area contributed by atoms with E-state index in [4.69, 9.17) is 10.5 Å². The van der Waals surface area contributed by atoms with Crippen LogP contribution in [0.2, 0.25) is 0 Å². The monoisotopic (exact) mass is 647 g/mol. The summed E-state index contributed by atoms with van der Waals surface area (Å²) in [6.07, 6.45) is -12.9. The third kappa shape index (κ3) is 6.78. The quantitative estimate of drug-likeness (QED) is 0.335. The standard InChI is InChI=1S/C26H30F7N9O.C2H6/c1-12-17(26(31,32)33)13(9-15(34)37-12)19-18(27)20-16-21(40-23(39-20)42-10-24(2,11-42)41(3)4)36-8-7-35-6-5-14(25(28,29)30)43-22(16)38-19;1-2/h9,14,35H,5-8,10-11H2,1-4H3,(H2,34,37)(H,36,39,40);1-2H3. The summed E-state index contributed by atoms with van der Waals surface area (Å²) in [5.41, 5.74) is 1.27. The lowest BCUT2D eigenvalue weighted by atomic mass is 9.91. The molecule has 45 heavy (non-hydrogen) atoms. The number of rotatable bonds is 3. The average molecular weight is 648 g/mol. The van der Waals surface area contributed by atoms with Gasteiger partial charge in [0.25, 0.3) is 0 Å². The number of nitrogens with two attached hydrogens (primary N) is 1. The first-order chi connectivity index (χ1) is 21.0. The van der Waals surface area contributed by atoms with Crippen molar-refractivity contribution in [1.82, 2.24) is 30.2 Å². The molecular weight excluding hydrogens is 611 g/mol. The second-order valence-corrected chi connectivity index (χ2v) is 11.1. The topological polar surface area (TPSA) is 117 Å². The van der Waals surface area contributed by atoms with Gasteiger partial charge in [0, 0.05) is 38.2 Å². The van der Waals surface area contributed by atoms with Gasteiger partial charge in [0.15, 0.2) is 11.9 Å². The van der Waals surface area contributed by atoms with Crippen molar-refractivity contribution in [3.8, 4) is 17.1 Å². The molecule has 5 rings (SSSR count). The normalized spacial score (nSPS) is 18.7. The lowest BCUT2D eigenvalue weighted by Crippen LogP contribution is -2.67. The van der Waals surface area contributed by atoms with Crippen LogP contribution in [0, 0.1) is 12.7 Å². The van der Waals surface area contributed by atoms with Crippen molar-refractivity contribution < 1.29 is 35.5 Å². The fraction of sp³-hybridized carbons (Fsp3) is 0.571. The predicted molar refractivity (Wildman–Crippen MR) is 157 cm³/mol. The number of likely N-dealkylation sites (N-methyl/N-ethyl adjacent to an activating group) is 1. The molecule has 4 N–H and O–H groups in total. The van der Waals surface area contributed by atoms with Crippen LogP contribution in [-0.4, -0.2) is 89.5 Å². The Balaban J connectivity index is 0.00000226. The van der Waals surface area contributed by atoms with Crippen LogP contribution in [0.5, 0.6) is 5.88 Å². The molecule has 0 spiro atoms. The minimum Gasteiger partial charge on any atom is -0.464 e. The van der Waals surface area contributed by atoms with Gasteiger partial charge in [-0.1, -0.05) is 13.8 Å². The van der Waals surface area contributed by atoms with Crippen molar-refractivity contribution in [2.45, 2.75) is 58.1 Å². The van der Waals surface area contributed by atoms with Crippen LogP contribution in [0.15, 0.2) is 6.07 Å². The Bertz CT molecular complexity index is 1540. The molecule has 10 nitrogen and oxygen atoms in total. The molecule has 17 heteroatoms. The van der Waals surface area contributed by atoms with Crippen LogP contribution in [-0.2, 0) is 6.18 Å². The van der Waals surface area contributed by atoms with Crippen molar-refractivity contribution >= 4 is 28.5 Å². The summed E-state index contributed by atoms with van der Waals surface area (Å²) in [5, 5.41) is 5.52. The average Bonchev–Trinajstić information content (AvgIpc) is 2.96. The molecule has 0 saturated carbocycles. The van der Waals surface area contributed by atoms with Crippen LogP contribution in [0.4, 0.5) is 48.3 Å². The van der Waals surface area contributed by atoms with Gasteiger partial charge in [-0.3, -0.25) is 0 Å². The maximum absolute atomic E-state index is 16.5. The molecule has 0 aliphatic carbocycles. The van der Waals surface area contributed by atoms with Gasteiger partial charge in [0.05, 0.1) is 16.8 Å². The largest absolute Gasteiger partial charge is 0.464 e. The molecule has 1 saturated heterocycles. The van der Waals surface area contributed by atoms with Crippen LogP contribution in [0.1, 0.15) is 38.4 Å². The predicted octanol–water partition coefficient (Wildman–Crippen LogP) is 5.02. The lowest BCUT2D eigenvalue weighted by Gasteiger charge is -2.51. The molecule has 5 heterocycles. The fourth-order valence-corrected chi connectivity index (χ4v) is 5.16. The van der Waals surface area contributed by atoms with Crippen LogP contribution in [0.3, 0.4) is 0 Å². The van der Waals surface area contributed by atoms with Crippen LogP contribution in [0.25, 0.3) is 22.2 Å². The highest BCUT2D eigenvalue weighted by atomic mass is 19.4.